The maximum absolute atomic E-state index is 3.33. The maximum atomic E-state index is 3.33. The van der Waals surface area contributed by atoms with Crippen LogP contribution in [0.3, 0.4) is 0 Å². The van der Waals surface area contributed by atoms with Crippen molar-refractivity contribution in [3.8, 4) is 23.0 Å². The van der Waals surface area contributed by atoms with Crippen LogP contribution in [0, 0.1) is 23.0 Å². The third-order valence-corrected chi connectivity index (χ3v) is 6.98. The molecule has 0 aromatic heterocycles. The first-order valence-corrected chi connectivity index (χ1v) is 11.7. The molecule has 27 heavy (non-hydrogen) atoms. The van der Waals surface area contributed by atoms with E-state index in [1.165, 1.54) is 22.9 Å². The lowest BCUT2D eigenvalue weighted by Crippen LogP contribution is -2.16. The summed E-state index contributed by atoms with van der Waals surface area (Å²) in [7, 11) is -0.573. The molecule has 0 saturated carbocycles. The van der Waals surface area contributed by atoms with Gasteiger partial charge in [-0.25, -0.2) is 0 Å². The van der Waals surface area contributed by atoms with E-state index in [0.29, 0.717) is 0 Å². The molecular formula is C25H23NS. The maximum Gasteiger partial charge on any atom is 0.0462 e. The zero-order chi connectivity index (χ0) is 18.5. The van der Waals surface area contributed by atoms with E-state index in [9.17, 15) is 0 Å². The predicted octanol–water partition coefficient (Wildman–Crippen LogP) is 5.82. The summed E-state index contributed by atoms with van der Waals surface area (Å²) in [5, 5.41) is 3.33. The van der Waals surface area contributed by atoms with Gasteiger partial charge in [0.05, 0.1) is 0 Å². The number of para-hydroxylation sites is 1. The molecule has 2 aromatic carbocycles. The topological polar surface area (TPSA) is 3.24 Å². The largest absolute Gasteiger partial charge is 0.311 e. The lowest BCUT2D eigenvalue weighted by atomic mass is 10.1. The van der Waals surface area contributed by atoms with Crippen molar-refractivity contribution in [3.05, 3.63) is 84.1 Å². The first-order valence-electron chi connectivity index (χ1n) is 9.32. The van der Waals surface area contributed by atoms with Crippen LogP contribution >= 0.6 is 10.0 Å². The zero-order valence-corrected chi connectivity index (χ0v) is 16.4. The SMILES string of the molecule is CS1(C#CC#Cc2ccc(N(C3=CCCC=C3)c3ccccc3)cc2)CC1. The molecule has 4 rings (SSSR count). The van der Waals surface area contributed by atoms with Gasteiger partial charge in [-0.15, -0.1) is 0 Å². The van der Waals surface area contributed by atoms with Crippen molar-refractivity contribution < 1.29 is 0 Å². The van der Waals surface area contributed by atoms with E-state index in [1.54, 1.807) is 0 Å². The number of hydrogen-bond donors (Lipinski definition) is 0. The Kier molecular flexibility index (Phi) is 5.10. The molecule has 2 heteroatoms. The minimum atomic E-state index is -0.573. The van der Waals surface area contributed by atoms with Crippen molar-refractivity contribution in [2.45, 2.75) is 12.8 Å². The summed E-state index contributed by atoms with van der Waals surface area (Å²) in [6.45, 7) is 0. The lowest BCUT2D eigenvalue weighted by molar-refractivity contribution is 0.997. The van der Waals surface area contributed by atoms with Gasteiger partial charge in [0.1, 0.15) is 0 Å². The molecule has 2 aliphatic rings. The Morgan fingerprint density at radius 3 is 2.26 bits per heavy atom. The second-order valence-corrected chi connectivity index (χ2v) is 10.6. The van der Waals surface area contributed by atoms with Crippen LogP contribution in [-0.4, -0.2) is 17.8 Å². The van der Waals surface area contributed by atoms with Gasteiger partial charge in [0.2, 0.25) is 0 Å². The molecule has 1 aliphatic heterocycles. The average molecular weight is 370 g/mol. The zero-order valence-electron chi connectivity index (χ0n) is 15.6. The van der Waals surface area contributed by atoms with Gasteiger partial charge in [0.25, 0.3) is 0 Å². The Morgan fingerprint density at radius 2 is 1.59 bits per heavy atom. The van der Waals surface area contributed by atoms with E-state index < -0.39 is 10.0 Å². The van der Waals surface area contributed by atoms with Crippen LogP contribution in [0.4, 0.5) is 11.4 Å². The monoisotopic (exact) mass is 369 g/mol. The fraction of sp³-hybridized carbons (Fsp3) is 0.200. The molecular weight excluding hydrogens is 346 g/mol. The summed E-state index contributed by atoms with van der Waals surface area (Å²) in [4.78, 5) is 2.30. The van der Waals surface area contributed by atoms with Crippen LogP contribution < -0.4 is 4.90 Å². The Labute approximate surface area is 164 Å². The van der Waals surface area contributed by atoms with Crippen molar-refractivity contribution >= 4 is 21.4 Å². The van der Waals surface area contributed by atoms with Crippen molar-refractivity contribution in [1.29, 1.82) is 0 Å². The van der Waals surface area contributed by atoms with Gasteiger partial charge < -0.3 is 4.90 Å². The minimum Gasteiger partial charge on any atom is -0.311 e. The number of nitrogens with zero attached hydrogens (tertiary/aromatic N) is 1. The van der Waals surface area contributed by atoms with Crippen LogP contribution in [0.5, 0.6) is 0 Å². The summed E-state index contributed by atoms with van der Waals surface area (Å²) in [6, 6.07) is 18.9. The molecule has 2 aromatic rings. The highest BCUT2D eigenvalue weighted by atomic mass is 32.3. The number of hydrogen-bond acceptors (Lipinski definition) is 1. The lowest BCUT2D eigenvalue weighted by Gasteiger charge is -2.27. The molecule has 0 unspecified atom stereocenters. The third-order valence-electron chi connectivity index (χ3n) is 4.76. The molecule has 1 nitrogen and oxygen atoms in total. The molecule has 0 spiro atoms. The van der Waals surface area contributed by atoms with Crippen LogP contribution in [0.2, 0.25) is 0 Å². The quantitative estimate of drug-likeness (QED) is 0.487. The molecule has 134 valence electrons. The molecule has 0 radical (unpaired) electrons. The number of allylic oxidation sites excluding steroid dienone is 3. The second kappa shape index (κ2) is 7.83. The summed E-state index contributed by atoms with van der Waals surface area (Å²) < 4.78 is 0. The number of anilines is 2. The van der Waals surface area contributed by atoms with Gasteiger partial charge in [-0.1, -0.05) is 36.3 Å². The van der Waals surface area contributed by atoms with Crippen molar-refractivity contribution in [2.24, 2.45) is 0 Å². The van der Waals surface area contributed by atoms with E-state index in [-0.39, 0.29) is 0 Å². The van der Waals surface area contributed by atoms with Crippen LogP contribution in [0.15, 0.2) is 78.5 Å². The standard InChI is InChI=1S/C25H23NS/c1-27(20-21-27)19-9-8-10-22-15-17-25(18-16-22)26(23-11-4-2-5-12-23)24-13-6-3-7-14-24/h2,4-6,11-18H,3,7,20-21H2,1H3. The normalized spacial score (nSPS) is 17.4. The average Bonchev–Trinajstić information content (AvgIpc) is 3.46. The van der Waals surface area contributed by atoms with E-state index in [4.69, 9.17) is 0 Å². The van der Waals surface area contributed by atoms with Crippen molar-refractivity contribution in [2.75, 3.05) is 22.7 Å². The van der Waals surface area contributed by atoms with Crippen molar-refractivity contribution in [1.82, 2.24) is 0 Å². The Balaban J connectivity index is 1.59. The third kappa shape index (κ3) is 4.48. The molecule has 0 bridgehead atoms. The first-order chi connectivity index (χ1) is 13.2. The van der Waals surface area contributed by atoms with E-state index in [1.807, 2.05) is 0 Å². The highest BCUT2D eigenvalue weighted by molar-refractivity contribution is 8.42. The summed E-state index contributed by atoms with van der Waals surface area (Å²) in [6.07, 6.45) is 11.2. The second-order valence-electron chi connectivity index (χ2n) is 6.99. The summed E-state index contributed by atoms with van der Waals surface area (Å²) in [5.41, 5.74) is 4.54. The summed E-state index contributed by atoms with van der Waals surface area (Å²) >= 11 is 0. The van der Waals surface area contributed by atoms with Gasteiger partial charge in [-0.05, 0) is 90.2 Å². The van der Waals surface area contributed by atoms with Crippen LogP contribution in [-0.2, 0) is 0 Å². The highest BCUT2D eigenvalue weighted by Crippen LogP contribution is 2.56. The van der Waals surface area contributed by atoms with E-state index in [0.717, 1.165) is 24.1 Å². The molecule has 0 atom stereocenters. The van der Waals surface area contributed by atoms with Gasteiger partial charge >= 0.3 is 0 Å². The van der Waals surface area contributed by atoms with Gasteiger partial charge in [-0.2, -0.15) is 10.0 Å². The fourth-order valence-electron chi connectivity index (χ4n) is 2.96. The Morgan fingerprint density at radius 1 is 0.852 bits per heavy atom. The fourth-order valence-corrected chi connectivity index (χ4v) is 4.46. The first kappa shape index (κ1) is 17.6. The van der Waals surface area contributed by atoms with Crippen molar-refractivity contribution in [3.63, 3.8) is 0 Å². The molecule has 0 N–H and O–H groups in total. The highest BCUT2D eigenvalue weighted by Gasteiger charge is 2.28. The number of rotatable bonds is 3. The predicted molar refractivity (Wildman–Crippen MR) is 119 cm³/mol. The molecule has 1 aliphatic carbocycles. The van der Waals surface area contributed by atoms with Crippen LogP contribution in [0.25, 0.3) is 0 Å². The minimum absolute atomic E-state index is 0.573. The van der Waals surface area contributed by atoms with E-state index in [2.05, 4.69) is 107 Å². The molecule has 0 amide bonds. The molecule has 1 saturated heterocycles. The smallest absolute Gasteiger partial charge is 0.0462 e. The molecule has 1 heterocycles. The van der Waals surface area contributed by atoms with Gasteiger partial charge in [0.15, 0.2) is 0 Å². The van der Waals surface area contributed by atoms with Gasteiger partial charge in [0, 0.05) is 22.6 Å². The van der Waals surface area contributed by atoms with Crippen LogP contribution in [0.1, 0.15) is 18.4 Å². The van der Waals surface area contributed by atoms with Gasteiger partial charge in [-0.3, -0.25) is 0 Å². The Hall–Kier alpha value is -2.81. The number of benzene rings is 2. The van der Waals surface area contributed by atoms with E-state index >= 15 is 0 Å². The Bertz CT molecular complexity index is 988. The molecule has 1 fully saturated rings. The summed E-state index contributed by atoms with van der Waals surface area (Å²) in [5.74, 6) is 11.8.